The molecule has 35 heavy (non-hydrogen) atoms. The number of nitrogens with zero attached hydrogens (tertiary/aromatic N) is 2. The standard InChI is InChI=1S/C23H24F6N2O3S/c1-3-14-10-16(13-30-6-8-31(9-7-30)35(2,33)34)20(24)12-17(14)15-4-5-18-19(11-15)22(25,26)21(18,32)23(27,28)29/h4-5,10-12,32H,3,6-9,13H2,1-2H3. The molecule has 4 rings (SSSR count). The van der Waals surface area contributed by atoms with Gasteiger partial charge in [-0.05, 0) is 35.2 Å². The van der Waals surface area contributed by atoms with Crippen LogP contribution in [0.5, 0.6) is 0 Å². The molecule has 2 aromatic carbocycles. The number of rotatable bonds is 5. The number of alkyl halides is 5. The first-order chi connectivity index (χ1) is 16.1. The van der Waals surface area contributed by atoms with Crippen molar-refractivity contribution in [1.29, 1.82) is 0 Å². The first-order valence-electron chi connectivity index (χ1n) is 10.9. The average molecular weight is 523 g/mol. The third-order valence-corrected chi connectivity index (χ3v) is 8.07. The zero-order chi connectivity index (χ0) is 26.0. The van der Waals surface area contributed by atoms with Crippen LogP contribution in [0, 0.1) is 5.82 Å². The molecule has 0 bridgehead atoms. The summed E-state index contributed by atoms with van der Waals surface area (Å²) >= 11 is 0. The molecule has 2 aromatic rings. The predicted molar refractivity (Wildman–Crippen MR) is 117 cm³/mol. The number of benzene rings is 2. The highest BCUT2D eigenvalue weighted by Crippen LogP contribution is 2.63. The van der Waals surface area contributed by atoms with Crippen LogP contribution in [0.2, 0.25) is 0 Å². The normalized spacial score (nSPS) is 23.1. The summed E-state index contributed by atoms with van der Waals surface area (Å²) in [6.45, 7) is 3.40. The quantitative estimate of drug-likeness (QED) is 0.604. The molecular formula is C23H24F6N2O3S. The molecule has 1 N–H and O–H groups in total. The number of fused-ring (bicyclic) bond motifs is 1. The zero-order valence-electron chi connectivity index (χ0n) is 19.0. The Morgan fingerprint density at radius 3 is 2.17 bits per heavy atom. The maximum Gasteiger partial charge on any atom is 0.427 e. The monoisotopic (exact) mass is 522 g/mol. The number of halogens is 6. The van der Waals surface area contributed by atoms with Crippen molar-refractivity contribution in [2.45, 2.75) is 37.6 Å². The number of sulfonamides is 1. The molecule has 1 saturated heterocycles. The fourth-order valence-corrected chi connectivity index (χ4v) is 5.56. The third kappa shape index (κ3) is 4.13. The van der Waals surface area contributed by atoms with E-state index in [0.717, 1.165) is 18.4 Å². The Labute approximate surface area is 199 Å². The molecular weight excluding hydrogens is 498 g/mol. The summed E-state index contributed by atoms with van der Waals surface area (Å²) < 4.78 is 108. The van der Waals surface area contributed by atoms with Gasteiger partial charge in [0, 0.05) is 49.4 Å². The number of piperazine rings is 1. The first kappa shape index (κ1) is 25.9. The molecule has 1 atom stereocenters. The number of hydrogen-bond acceptors (Lipinski definition) is 4. The molecule has 192 valence electrons. The molecule has 0 radical (unpaired) electrons. The van der Waals surface area contributed by atoms with E-state index in [0.29, 0.717) is 30.6 Å². The summed E-state index contributed by atoms with van der Waals surface area (Å²) in [6.07, 6.45) is -4.02. The molecule has 1 unspecified atom stereocenters. The van der Waals surface area contributed by atoms with E-state index in [1.165, 1.54) is 16.4 Å². The lowest BCUT2D eigenvalue weighted by atomic mass is 9.68. The van der Waals surface area contributed by atoms with E-state index in [2.05, 4.69) is 0 Å². The molecule has 0 aromatic heterocycles. The van der Waals surface area contributed by atoms with Gasteiger partial charge in [-0.2, -0.15) is 26.3 Å². The molecule has 1 aliphatic carbocycles. The molecule has 1 aliphatic heterocycles. The third-order valence-electron chi connectivity index (χ3n) is 6.77. The van der Waals surface area contributed by atoms with Crippen molar-refractivity contribution >= 4 is 10.0 Å². The van der Waals surface area contributed by atoms with Crippen LogP contribution in [0.3, 0.4) is 0 Å². The second kappa shape index (κ2) is 8.46. The molecule has 0 spiro atoms. The van der Waals surface area contributed by atoms with Crippen LogP contribution < -0.4 is 0 Å². The van der Waals surface area contributed by atoms with Gasteiger partial charge in [-0.3, -0.25) is 4.90 Å². The SMILES string of the molecule is CCc1cc(CN2CCN(S(C)(=O)=O)CC2)c(F)cc1-c1ccc2c(c1)C(F)(F)C2(O)C(F)(F)F. The van der Waals surface area contributed by atoms with Gasteiger partial charge in [0.2, 0.25) is 10.0 Å². The Kier molecular flexibility index (Phi) is 6.27. The van der Waals surface area contributed by atoms with Crippen molar-refractivity contribution in [3.05, 3.63) is 58.4 Å². The van der Waals surface area contributed by atoms with Crippen LogP contribution in [0.4, 0.5) is 26.3 Å². The zero-order valence-corrected chi connectivity index (χ0v) is 19.8. The van der Waals surface area contributed by atoms with Crippen molar-refractivity contribution in [2.75, 3.05) is 32.4 Å². The van der Waals surface area contributed by atoms with Crippen molar-refractivity contribution in [3.8, 4) is 11.1 Å². The average Bonchev–Trinajstić information content (AvgIpc) is 2.78. The number of hydrogen-bond donors (Lipinski definition) is 1. The van der Waals surface area contributed by atoms with Gasteiger partial charge < -0.3 is 5.11 Å². The van der Waals surface area contributed by atoms with Crippen LogP contribution in [0.1, 0.15) is 29.2 Å². The highest BCUT2D eigenvalue weighted by Gasteiger charge is 2.78. The first-order valence-corrected chi connectivity index (χ1v) is 12.8. The molecule has 0 saturated carbocycles. The maximum atomic E-state index is 15.0. The second-order valence-corrected chi connectivity index (χ2v) is 10.9. The smallest absolute Gasteiger partial charge is 0.371 e. The van der Waals surface area contributed by atoms with Crippen molar-refractivity contribution in [2.24, 2.45) is 0 Å². The van der Waals surface area contributed by atoms with E-state index in [1.807, 2.05) is 4.90 Å². The molecule has 1 fully saturated rings. The topological polar surface area (TPSA) is 60.9 Å². The lowest BCUT2D eigenvalue weighted by Gasteiger charge is -2.47. The largest absolute Gasteiger partial charge is 0.427 e. The van der Waals surface area contributed by atoms with Crippen molar-refractivity contribution in [3.63, 3.8) is 0 Å². The summed E-state index contributed by atoms with van der Waals surface area (Å²) in [4.78, 5) is 1.91. The lowest BCUT2D eigenvalue weighted by Crippen LogP contribution is -2.62. The van der Waals surface area contributed by atoms with E-state index >= 15 is 4.39 Å². The molecule has 1 heterocycles. The van der Waals surface area contributed by atoms with Crippen LogP contribution in [-0.4, -0.2) is 61.3 Å². The Morgan fingerprint density at radius 2 is 1.63 bits per heavy atom. The van der Waals surface area contributed by atoms with Gasteiger partial charge in [-0.25, -0.2) is 12.8 Å². The predicted octanol–water partition coefficient (Wildman–Crippen LogP) is 3.99. The number of aryl methyl sites for hydroxylation is 1. The molecule has 12 heteroatoms. The summed E-state index contributed by atoms with van der Waals surface area (Å²) in [5, 5.41) is 9.71. The van der Waals surface area contributed by atoms with Gasteiger partial charge in [-0.1, -0.05) is 25.1 Å². The van der Waals surface area contributed by atoms with E-state index < -0.39 is 44.7 Å². The Balaban J connectivity index is 1.61. The van der Waals surface area contributed by atoms with E-state index in [-0.39, 0.29) is 30.8 Å². The fraction of sp³-hybridized carbons (Fsp3) is 0.478. The van der Waals surface area contributed by atoms with E-state index in [1.54, 1.807) is 13.0 Å². The highest BCUT2D eigenvalue weighted by atomic mass is 32.2. The van der Waals surface area contributed by atoms with Crippen LogP contribution in [0.15, 0.2) is 30.3 Å². The van der Waals surface area contributed by atoms with Crippen LogP contribution in [0.25, 0.3) is 11.1 Å². The second-order valence-electron chi connectivity index (χ2n) is 8.94. The minimum atomic E-state index is -5.56. The van der Waals surface area contributed by atoms with Crippen molar-refractivity contribution in [1.82, 2.24) is 9.21 Å². The molecule has 0 amide bonds. The van der Waals surface area contributed by atoms with Gasteiger partial charge in [0.25, 0.3) is 5.60 Å². The minimum Gasteiger partial charge on any atom is -0.371 e. The van der Waals surface area contributed by atoms with Crippen molar-refractivity contribution < 1.29 is 39.9 Å². The summed E-state index contributed by atoms with van der Waals surface area (Å²) in [5.41, 5.74) is -4.75. The lowest BCUT2D eigenvalue weighted by molar-refractivity contribution is -0.364. The Morgan fingerprint density at radius 1 is 1.00 bits per heavy atom. The minimum absolute atomic E-state index is 0.122. The summed E-state index contributed by atoms with van der Waals surface area (Å²) in [7, 11) is -3.30. The van der Waals surface area contributed by atoms with E-state index in [9.17, 15) is 35.5 Å². The Hall–Kier alpha value is -2.15. The molecule has 2 aliphatic rings. The van der Waals surface area contributed by atoms with Gasteiger partial charge >= 0.3 is 12.1 Å². The molecule has 5 nitrogen and oxygen atoms in total. The maximum absolute atomic E-state index is 15.0. The number of aliphatic hydroxyl groups is 1. The van der Waals surface area contributed by atoms with Gasteiger partial charge in [-0.15, -0.1) is 0 Å². The summed E-state index contributed by atoms with van der Waals surface area (Å²) in [6, 6.07) is 5.62. The Bertz CT molecular complexity index is 1260. The van der Waals surface area contributed by atoms with Gasteiger partial charge in [0.15, 0.2) is 0 Å². The highest BCUT2D eigenvalue weighted by molar-refractivity contribution is 7.88. The fourth-order valence-electron chi connectivity index (χ4n) is 4.73. The van der Waals surface area contributed by atoms with Crippen LogP contribution >= 0.6 is 0 Å². The van der Waals surface area contributed by atoms with Gasteiger partial charge in [0.05, 0.1) is 6.26 Å². The summed E-state index contributed by atoms with van der Waals surface area (Å²) in [5.74, 6) is -5.14. The van der Waals surface area contributed by atoms with E-state index in [4.69, 9.17) is 0 Å². The van der Waals surface area contributed by atoms with Gasteiger partial charge in [0.1, 0.15) is 5.82 Å². The van der Waals surface area contributed by atoms with Crippen LogP contribution in [-0.2, 0) is 34.5 Å².